The highest BCUT2D eigenvalue weighted by Crippen LogP contribution is 2.19. The Labute approximate surface area is 120 Å². The number of benzene rings is 1. The molecule has 1 aromatic rings. The summed E-state index contributed by atoms with van der Waals surface area (Å²) < 4.78 is 0. The van der Waals surface area contributed by atoms with Crippen LogP contribution in [0.3, 0.4) is 0 Å². The van der Waals surface area contributed by atoms with Gasteiger partial charge in [-0.2, -0.15) is 0 Å². The highest BCUT2D eigenvalue weighted by atomic mass is 16.2. The van der Waals surface area contributed by atoms with Crippen LogP contribution in [0.15, 0.2) is 18.2 Å². The number of carbonyl (C=O) groups is 2. The summed E-state index contributed by atoms with van der Waals surface area (Å²) >= 11 is 0. The molecule has 0 heterocycles. The molecule has 0 bridgehead atoms. The van der Waals surface area contributed by atoms with Gasteiger partial charge in [-0.25, -0.2) is 4.79 Å². The van der Waals surface area contributed by atoms with Crippen molar-refractivity contribution in [1.29, 1.82) is 0 Å². The Morgan fingerprint density at radius 3 is 2.00 bits per heavy atom. The highest BCUT2D eigenvalue weighted by Gasteiger charge is 2.09. The largest absolute Gasteiger partial charge is 0.336 e. The smallest absolute Gasteiger partial charge is 0.319 e. The van der Waals surface area contributed by atoms with Crippen LogP contribution in [0.4, 0.5) is 16.2 Å². The van der Waals surface area contributed by atoms with Crippen molar-refractivity contribution in [1.82, 2.24) is 5.32 Å². The predicted molar refractivity (Wildman–Crippen MR) is 81.9 cm³/mol. The molecule has 0 fully saturated rings. The Morgan fingerprint density at radius 1 is 0.950 bits per heavy atom. The van der Waals surface area contributed by atoms with Crippen molar-refractivity contribution in [2.45, 2.75) is 40.7 Å². The van der Waals surface area contributed by atoms with Gasteiger partial charge in [0.2, 0.25) is 5.91 Å². The number of anilines is 2. The summed E-state index contributed by atoms with van der Waals surface area (Å²) in [5.74, 6) is -0.135. The van der Waals surface area contributed by atoms with Gasteiger partial charge in [-0.15, -0.1) is 0 Å². The van der Waals surface area contributed by atoms with Crippen molar-refractivity contribution in [3.8, 4) is 0 Å². The summed E-state index contributed by atoms with van der Waals surface area (Å²) in [6.07, 6.45) is 0. The average molecular weight is 277 g/mol. The molecule has 110 valence electrons. The zero-order valence-electron chi connectivity index (χ0n) is 12.7. The highest BCUT2D eigenvalue weighted by molar-refractivity contribution is 5.94. The van der Waals surface area contributed by atoms with Gasteiger partial charge in [-0.3, -0.25) is 4.79 Å². The third-order valence-corrected chi connectivity index (χ3v) is 2.55. The van der Waals surface area contributed by atoms with E-state index in [1.54, 1.807) is 6.07 Å². The molecule has 0 aliphatic rings. The number of nitrogens with one attached hydrogen (secondary N) is 3. The van der Waals surface area contributed by atoms with Gasteiger partial charge < -0.3 is 16.0 Å². The molecular formula is C15H23N3O2. The van der Waals surface area contributed by atoms with Crippen LogP contribution >= 0.6 is 0 Å². The zero-order chi connectivity index (χ0) is 15.3. The van der Waals surface area contributed by atoms with Crippen LogP contribution in [0.1, 0.15) is 33.3 Å². The Balaban J connectivity index is 2.81. The van der Waals surface area contributed by atoms with E-state index in [9.17, 15) is 9.59 Å². The minimum atomic E-state index is -0.258. The molecule has 0 aliphatic carbocycles. The number of amides is 3. The Bertz CT molecular complexity index is 496. The maximum Gasteiger partial charge on any atom is 0.319 e. The van der Waals surface area contributed by atoms with E-state index in [-0.39, 0.29) is 23.9 Å². The topological polar surface area (TPSA) is 70.2 Å². The monoisotopic (exact) mass is 277 g/mol. The van der Waals surface area contributed by atoms with E-state index in [0.29, 0.717) is 11.4 Å². The summed E-state index contributed by atoms with van der Waals surface area (Å²) in [6, 6.07) is 5.27. The fourth-order valence-electron chi connectivity index (χ4n) is 1.64. The summed E-state index contributed by atoms with van der Waals surface area (Å²) in [4.78, 5) is 23.4. The molecular weight excluding hydrogens is 254 g/mol. The molecule has 5 heteroatoms. The fraction of sp³-hybridized carbons (Fsp3) is 0.467. The second kappa shape index (κ2) is 6.93. The van der Waals surface area contributed by atoms with Crippen molar-refractivity contribution < 1.29 is 9.59 Å². The van der Waals surface area contributed by atoms with E-state index in [0.717, 1.165) is 5.56 Å². The number of aryl methyl sites for hydroxylation is 1. The molecule has 0 aliphatic heterocycles. The number of carbonyl (C=O) groups excluding carboxylic acids is 2. The van der Waals surface area contributed by atoms with Crippen molar-refractivity contribution in [2.75, 3.05) is 10.6 Å². The summed E-state index contributed by atoms with van der Waals surface area (Å²) in [6.45, 7) is 9.37. The van der Waals surface area contributed by atoms with Crippen LogP contribution in [-0.4, -0.2) is 18.0 Å². The SMILES string of the molecule is Cc1cc(NC(=O)NC(C)C)cc(NC(=O)C(C)C)c1. The van der Waals surface area contributed by atoms with Crippen molar-refractivity contribution in [3.63, 3.8) is 0 Å². The van der Waals surface area contributed by atoms with E-state index < -0.39 is 0 Å². The Morgan fingerprint density at radius 2 is 1.50 bits per heavy atom. The molecule has 1 aromatic carbocycles. The average Bonchev–Trinajstić information content (AvgIpc) is 2.26. The number of hydrogen-bond acceptors (Lipinski definition) is 2. The number of hydrogen-bond donors (Lipinski definition) is 3. The van der Waals surface area contributed by atoms with Crippen LogP contribution in [0.25, 0.3) is 0 Å². The number of urea groups is 1. The molecule has 0 spiro atoms. The van der Waals surface area contributed by atoms with Crippen molar-refractivity contribution in [2.24, 2.45) is 5.92 Å². The van der Waals surface area contributed by atoms with Crippen molar-refractivity contribution >= 4 is 23.3 Å². The molecule has 1 rings (SSSR count). The minimum Gasteiger partial charge on any atom is -0.336 e. The molecule has 0 unspecified atom stereocenters. The minimum absolute atomic E-state index is 0.0480. The molecule has 0 saturated carbocycles. The standard InChI is InChI=1S/C15H23N3O2/c1-9(2)14(19)17-12-6-11(5)7-13(8-12)18-15(20)16-10(3)4/h6-10H,1-5H3,(H,17,19)(H2,16,18,20). The van der Waals surface area contributed by atoms with Gasteiger partial charge in [0.15, 0.2) is 0 Å². The van der Waals surface area contributed by atoms with Gasteiger partial charge in [-0.05, 0) is 44.5 Å². The van der Waals surface area contributed by atoms with Gasteiger partial charge in [0.1, 0.15) is 0 Å². The fourth-order valence-corrected chi connectivity index (χ4v) is 1.64. The Kier molecular flexibility index (Phi) is 5.55. The van der Waals surface area contributed by atoms with Gasteiger partial charge in [0.05, 0.1) is 0 Å². The third kappa shape index (κ3) is 5.30. The summed E-state index contributed by atoms with van der Waals surface area (Å²) in [5.41, 5.74) is 2.30. The molecule has 0 radical (unpaired) electrons. The lowest BCUT2D eigenvalue weighted by atomic mass is 10.1. The van der Waals surface area contributed by atoms with E-state index in [1.165, 1.54) is 0 Å². The normalized spacial score (nSPS) is 10.6. The lowest BCUT2D eigenvalue weighted by molar-refractivity contribution is -0.118. The lowest BCUT2D eigenvalue weighted by Crippen LogP contribution is -2.34. The van der Waals surface area contributed by atoms with Crippen LogP contribution in [-0.2, 0) is 4.79 Å². The van der Waals surface area contributed by atoms with E-state index >= 15 is 0 Å². The van der Waals surface area contributed by atoms with Crippen LogP contribution in [0.5, 0.6) is 0 Å². The van der Waals surface area contributed by atoms with E-state index in [1.807, 2.05) is 46.8 Å². The molecule has 20 heavy (non-hydrogen) atoms. The first-order chi connectivity index (χ1) is 9.27. The molecule has 0 aromatic heterocycles. The molecule has 5 nitrogen and oxygen atoms in total. The van der Waals surface area contributed by atoms with E-state index in [2.05, 4.69) is 16.0 Å². The Hall–Kier alpha value is -2.04. The molecule has 0 saturated heterocycles. The van der Waals surface area contributed by atoms with Gasteiger partial charge >= 0.3 is 6.03 Å². The molecule has 0 atom stereocenters. The van der Waals surface area contributed by atoms with Gasteiger partial charge in [0.25, 0.3) is 0 Å². The van der Waals surface area contributed by atoms with Gasteiger partial charge in [-0.1, -0.05) is 13.8 Å². The first-order valence-corrected chi connectivity index (χ1v) is 6.78. The second-order valence-electron chi connectivity index (χ2n) is 5.48. The van der Waals surface area contributed by atoms with Crippen LogP contribution < -0.4 is 16.0 Å². The molecule has 3 amide bonds. The van der Waals surface area contributed by atoms with Crippen molar-refractivity contribution in [3.05, 3.63) is 23.8 Å². The van der Waals surface area contributed by atoms with Crippen LogP contribution in [0, 0.1) is 12.8 Å². The quantitative estimate of drug-likeness (QED) is 0.791. The zero-order valence-corrected chi connectivity index (χ0v) is 12.7. The molecule has 3 N–H and O–H groups in total. The predicted octanol–water partition coefficient (Wildman–Crippen LogP) is 3.12. The number of rotatable bonds is 4. The van der Waals surface area contributed by atoms with Crippen LogP contribution in [0.2, 0.25) is 0 Å². The lowest BCUT2D eigenvalue weighted by Gasteiger charge is -2.13. The van der Waals surface area contributed by atoms with E-state index in [4.69, 9.17) is 0 Å². The first-order valence-electron chi connectivity index (χ1n) is 6.78. The first kappa shape index (κ1) is 16.0. The summed E-state index contributed by atoms with van der Waals surface area (Å²) in [7, 11) is 0. The maximum absolute atomic E-state index is 11.7. The third-order valence-electron chi connectivity index (χ3n) is 2.55. The second-order valence-corrected chi connectivity index (χ2v) is 5.48. The summed E-state index contributed by atoms with van der Waals surface area (Å²) in [5, 5.41) is 8.33. The van der Waals surface area contributed by atoms with Gasteiger partial charge in [0, 0.05) is 23.3 Å². The maximum atomic E-state index is 11.7.